The fourth-order valence-electron chi connectivity index (χ4n) is 3.28. The number of nitrogens with one attached hydrogen (secondary N) is 1. The van der Waals surface area contributed by atoms with E-state index in [0.29, 0.717) is 18.7 Å². The molecule has 3 rings (SSSR count). The SMILES string of the molecule is CCN(NC(=O)c1c(C)nn(Cc2ccc(C)cc2)c1C)c1ccc(C)cc1. The molecule has 0 fully saturated rings. The molecule has 1 amide bonds. The fraction of sp³-hybridized carbons (Fsp3) is 0.304. The summed E-state index contributed by atoms with van der Waals surface area (Å²) in [4.78, 5) is 13.0. The summed E-state index contributed by atoms with van der Waals surface area (Å²) in [6.07, 6.45) is 0. The lowest BCUT2D eigenvalue weighted by molar-refractivity contribution is 0.0948. The van der Waals surface area contributed by atoms with Crippen molar-refractivity contribution in [2.75, 3.05) is 11.6 Å². The van der Waals surface area contributed by atoms with Crippen LogP contribution < -0.4 is 10.4 Å². The summed E-state index contributed by atoms with van der Waals surface area (Å²) in [7, 11) is 0. The number of hydrazine groups is 1. The van der Waals surface area contributed by atoms with Crippen molar-refractivity contribution < 1.29 is 4.79 Å². The Labute approximate surface area is 167 Å². The number of hydrogen-bond acceptors (Lipinski definition) is 3. The van der Waals surface area contributed by atoms with Gasteiger partial charge in [-0.05, 0) is 52.3 Å². The van der Waals surface area contributed by atoms with Crippen LogP contribution in [0.15, 0.2) is 48.5 Å². The average molecular weight is 377 g/mol. The van der Waals surface area contributed by atoms with Crippen LogP contribution >= 0.6 is 0 Å². The lowest BCUT2D eigenvalue weighted by Crippen LogP contribution is -2.42. The number of amides is 1. The van der Waals surface area contributed by atoms with Crippen LogP contribution in [0.4, 0.5) is 5.69 Å². The van der Waals surface area contributed by atoms with Crippen LogP contribution in [0.2, 0.25) is 0 Å². The van der Waals surface area contributed by atoms with Crippen molar-refractivity contribution in [3.05, 3.63) is 82.2 Å². The molecule has 0 atom stereocenters. The van der Waals surface area contributed by atoms with E-state index in [-0.39, 0.29) is 5.91 Å². The van der Waals surface area contributed by atoms with Crippen molar-refractivity contribution in [2.45, 2.75) is 41.2 Å². The molecule has 0 saturated carbocycles. The zero-order valence-electron chi connectivity index (χ0n) is 17.3. The maximum atomic E-state index is 13.0. The van der Waals surface area contributed by atoms with E-state index in [4.69, 9.17) is 0 Å². The molecule has 1 N–H and O–H groups in total. The van der Waals surface area contributed by atoms with Crippen LogP contribution in [0, 0.1) is 27.7 Å². The first-order valence-corrected chi connectivity index (χ1v) is 9.63. The predicted octanol–water partition coefficient (Wildman–Crippen LogP) is 4.34. The Morgan fingerprint density at radius 2 is 1.54 bits per heavy atom. The first-order chi connectivity index (χ1) is 13.4. The topological polar surface area (TPSA) is 50.2 Å². The molecule has 146 valence electrons. The highest BCUT2D eigenvalue weighted by Crippen LogP contribution is 2.17. The number of carbonyl (C=O) groups excluding carboxylic acids is 1. The van der Waals surface area contributed by atoms with E-state index in [2.05, 4.69) is 41.7 Å². The first kappa shape index (κ1) is 19.7. The van der Waals surface area contributed by atoms with Gasteiger partial charge in [0.05, 0.1) is 23.5 Å². The summed E-state index contributed by atoms with van der Waals surface area (Å²) in [5, 5.41) is 6.46. The summed E-state index contributed by atoms with van der Waals surface area (Å²) in [6.45, 7) is 11.3. The summed E-state index contributed by atoms with van der Waals surface area (Å²) in [5.74, 6) is -0.132. The van der Waals surface area contributed by atoms with E-state index in [0.717, 1.165) is 22.6 Å². The van der Waals surface area contributed by atoms with Gasteiger partial charge in [0, 0.05) is 12.2 Å². The summed E-state index contributed by atoms with van der Waals surface area (Å²) >= 11 is 0. The van der Waals surface area contributed by atoms with Gasteiger partial charge in [-0.25, -0.2) is 0 Å². The van der Waals surface area contributed by atoms with Gasteiger partial charge in [-0.2, -0.15) is 5.10 Å². The Kier molecular flexibility index (Phi) is 5.83. The van der Waals surface area contributed by atoms with E-state index in [1.165, 1.54) is 11.1 Å². The molecular formula is C23H28N4O. The van der Waals surface area contributed by atoms with Gasteiger partial charge in [0.15, 0.2) is 0 Å². The van der Waals surface area contributed by atoms with Gasteiger partial charge >= 0.3 is 0 Å². The van der Waals surface area contributed by atoms with Gasteiger partial charge < -0.3 is 0 Å². The van der Waals surface area contributed by atoms with Crippen LogP contribution in [-0.2, 0) is 6.54 Å². The summed E-state index contributed by atoms with van der Waals surface area (Å²) in [6, 6.07) is 16.5. The molecule has 1 aromatic heterocycles. The molecule has 0 aliphatic rings. The quantitative estimate of drug-likeness (QED) is 0.651. The van der Waals surface area contributed by atoms with Crippen LogP contribution in [0.25, 0.3) is 0 Å². The Morgan fingerprint density at radius 3 is 2.11 bits per heavy atom. The Morgan fingerprint density at radius 1 is 0.964 bits per heavy atom. The van der Waals surface area contributed by atoms with Gasteiger partial charge in [-0.3, -0.25) is 19.9 Å². The Bertz CT molecular complexity index is 956. The third-order valence-corrected chi connectivity index (χ3v) is 4.96. The number of rotatable bonds is 6. The molecule has 0 aliphatic carbocycles. The molecular weight excluding hydrogens is 348 g/mol. The standard InChI is InChI=1S/C23H28N4O/c1-6-26(21-13-9-17(3)10-14-21)25-23(28)22-18(4)24-27(19(22)5)15-20-11-7-16(2)8-12-20/h7-14H,6,15H2,1-5H3,(H,25,28). The highest BCUT2D eigenvalue weighted by molar-refractivity contribution is 5.97. The van der Waals surface area contributed by atoms with Crippen molar-refractivity contribution >= 4 is 11.6 Å². The maximum Gasteiger partial charge on any atom is 0.273 e. The van der Waals surface area contributed by atoms with E-state index in [1.54, 1.807) is 0 Å². The minimum absolute atomic E-state index is 0.132. The number of benzene rings is 2. The number of nitrogens with zero attached hydrogens (tertiary/aromatic N) is 3. The molecule has 0 spiro atoms. The van der Waals surface area contributed by atoms with Gasteiger partial charge in [0.25, 0.3) is 5.91 Å². The molecule has 0 saturated heterocycles. The number of hydrogen-bond donors (Lipinski definition) is 1. The van der Waals surface area contributed by atoms with Crippen LogP contribution in [0.5, 0.6) is 0 Å². The smallest absolute Gasteiger partial charge is 0.273 e. The van der Waals surface area contributed by atoms with Crippen molar-refractivity contribution in [3.63, 3.8) is 0 Å². The van der Waals surface area contributed by atoms with Crippen molar-refractivity contribution in [1.29, 1.82) is 0 Å². The van der Waals surface area contributed by atoms with E-state index in [9.17, 15) is 4.79 Å². The molecule has 0 bridgehead atoms. The molecule has 0 unspecified atom stereocenters. The second-order valence-corrected chi connectivity index (χ2v) is 7.21. The second-order valence-electron chi connectivity index (χ2n) is 7.21. The summed E-state index contributed by atoms with van der Waals surface area (Å²) < 4.78 is 1.90. The number of carbonyl (C=O) groups is 1. The highest BCUT2D eigenvalue weighted by Gasteiger charge is 2.20. The first-order valence-electron chi connectivity index (χ1n) is 9.63. The minimum Gasteiger partial charge on any atom is -0.286 e. The van der Waals surface area contributed by atoms with Crippen molar-refractivity contribution in [1.82, 2.24) is 15.2 Å². The largest absolute Gasteiger partial charge is 0.286 e. The number of aromatic nitrogens is 2. The third kappa shape index (κ3) is 4.25. The van der Waals surface area contributed by atoms with Gasteiger partial charge in [-0.15, -0.1) is 0 Å². The Hall–Kier alpha value is -3.08. The van der Waals surface area contributed by atoms with E-state index >= 15 is 0 Å². The predicted molar refractivity (Wildman–Crippen MR) is 114 cm³/mol. The maximum absolute atomic E-state index is 13.0. The number of aryl methyl sites for hydroxylation is 3. The second kappa shape index (κ2) is 8.30. The van der Waals surface area contributed by atoms with E-state index < -0.39 is 0 Å². The van der Waals surface area contributed by atoms with Crippen molar-refractivity contribution in [2.24, 2.45) is 0 Å². The van der Waals surface area contributed by atoms with Crippen LogP contribution in [0.3, 0.4) is 0 Å². The molecule has 28 heavy (non-hydrogen) atoms. The Balaban J connectivity index is 1.80. The average Bonchev–Trinajstić information content (AvgIpc) is 2.95. The monoisotopic (exact) mass is 376 g/mol. The van der Waals surface area contributed by atoms with Gasteiger partial charge in [-0.1, -0.05) is 47.5 Å². The van der Waals surface area contributed by atoms with Crippen LogP contribution in [-0.4, -0.2) is 22.2 Å². The van der Waals surface area contributed by atoms with Crippen molar-refractivity contribution in [3.8, 4) is 0 Å². The third-order valence-electron chi connectivity index (χ3n) is 4.96. The fourth-order valence-corrected chi connectivity index (χ4v) is 3.28. The lowest BCUT2D eigenvalue weighted by Gasteiger charge is -2.24. The molecule has 5 heteroatoms. The summed E-state index contributed by atoms with van der Waals surface area (Å²) in [5.41, 5.74) is 9.82. The minimum atomic E-state index is -0.132. The molecule has 2 aromatic carbocycles. The van der Waals surface area contributed by atoms with Crippen LogP contribution in [0.1, 0.15) is 45.4 Å². The number of anilines is 1. The van der Waals surface area contributed by atoms with E-state index in [1.807, 2.05) is 61.7 Å². The van der Waals surface area contributed by atoms with Gasteiger partial charge in [0.1, 0.15) is 0 Å². The highest BCUT2D eigenvalue weighted by atomic mass is 16.2. The molecule has 3 aromatic rings. The zero-order valence-corrected chi connectivity index (χ0v) is 17.3. The zero-order chi connectivity index (χ0) is 20.3. The molecule has 1 heterocycles. The molecule has 0 radical (unpaired) electrons. The normalized spacial score (nSPS) is 10.8. The molecule has 0 aliphatic heterocycles. The van der Waals surface area contributed by atoms with Gasteiger partial charge in [0.2, 0.25) is 0 Å². The lowest BCUT2D eigenvalue weighted by atomic mass is 10.1. The molecule has 5 nitrogen and oxygen atoms in total.